The lowest BCUT2D eigenvalue weighted by atomic mass is 10.0. The Morgan fingerprint density at radius 3 is 1.97 bits per heavy atom. The fourth-order valence-electron chi connectivity index (χ4n) is 5.11. The molecule has 0 unspecified atom stereocenters. The fourth-order valence-corrected chi connectivity index (χ4v) is 11.5. The molecular formula is C25H34O4SSi. The predicted molar refractivity (Wildman–Crippen MR) is 129 cm³/mol. The van der Waals surface area contributed by atoms with E-state index in [4.69, 9.17) is 13.9 Å². The van der Waals surface area contributed by atoms with Crippen molar-refractivity contribution in [1.82, 2.24) is 0 Å². The Morgan fingerprint density at radius 2 is 1.48 bits per heavy atom. The molecule has 2 heterocycles. The zero-order chi connectivity index (χ0) is 22.5. The lowest BCUT2D eigenvalue weighted by molar-refractivity contribution is -0.149. The van der Waals surface area contributed by atoms with Crippen LogP contribution in [0.3, 0.4) is 0 Å². The molecule has 0 aliphatic carbocycles. The summed E-state index contributed by atoms with van der Waals surface area (Å²) in [4.78, 5) is 0. The molecule has 0 amide bonds. The Morgan fingerprint density at radius 1 is 0.968 bits per heavy atom. The molecule has 2 aliphatic heterocycles. The van der Waals surface area contributed by atoms with Gasteiger partial charge in [0.25, 0.3) is 8.32 Å². The molecule has 31 heavy (non-hydrogen) atoms. The van der Waals surface area contributed by atoms with Gasteiger partial charge < -0.3 is 18.5 Å². The van der Waals surface area contributed by atoms with Gasteiger partial charge in [0.1, 0.15) is 18.0 Å². The number of benzene rings is 2. The van der Waals surface area contributed by atoms with Crippen molar-refractivity contribution in [2.75, 3.05) is 12.4 Å². The average molecular weight is 459 g/mol. The van der Waals surface area contributed by atoms with Crippen LogP contribution in [0.1, 0.15) is 41.5 Å². The summed E-state index contributed by atoms with van der Waals surface area (Å²) in [5.41, 5.74) is 0. The first-order valence-electron chi connectivity index (χ1n) is 11.0. The van der Waals surface area contributed by atoms with E-state index in [1.807, 2.05) is 32.9 Å². The second-order valence-electron chi connectivity index (χ2n) is 10.4. The smallest absolute Gasteiger partial charge is 0.261 e. The number of hydrogen-bond donors (Lipinski definition) is 0. The molecular weight excluding hydrogens is 424 g/mol. The van der Waals surface area contributed by atoms with E-state index in [0.717, 1.165) is 0 Å². The summed E-state index contributed by atoms with van der Waals surface area (Å²) in [6.07, 6.45) is -0.384. The SMILES string of the molecule is CC1(C)O[C@H]2C[S@@+]([O-])[C@](C)(CO[Si](c3ccccc3)(c3ccccc3)C(C)(C)C)[C@H]2O1. The monoisotopic (exact) mass is 458 g/mol. The first-order valence-corrected chi connectivity index (χ1v) is 14.2. The normalized spacial score (nSPS) is 30.4. The third kappa shape index (κ3) is 3.92. The lowest BCUT2D eigenvalue weighted by Gasteiger charge is -2.45. The van der Waals surface area contributed by atoms with E-state index < -0.39 is 30.0 Å². The minimum atomic E-state index is -2.70. The van der Waals surface area contributed by atoms with Gasteiger partial charge in [-0.3, -0.25) is 0 Å². The highest BCUT2D eigenvalue weighted by molar-refractivity contribution is 7.93. The van der Waals surface area contributed by atoms with Crippen LogP contribution in [0.4, 0.5) is 0 Å². The maximum absolute atomic E-state index is 13.2. The summed E-state index contributed by atoms with van der Waals surface area (Å²) in [5.74, 6) is -0.159. The predicted octanol–water partition coefficient (Wildman–Crippen LogP) is 3.60. The van der Waals surface area contributed by atoms with Crippen molar-refractivity contribution >= 4 is 29.9 Å². The van der Waals surface area contributed by atoms with Crippen molar-refractivity contribution in [3.05, 3.63) is 60.7 Å². The maximum atomic E-state index is 13.2. The Balaban J connectivity index is 1.76. The maximum Gasteiger partial charge on any atom is 0.261 e. The molecule has 6 heteroatoms. The van der Waals surface area contributed by atoms with Crippen LogP contribution < -0.4 is 10.4 Å². The Labute approximate surface area is 190 Å². The van der Waals surface area contributed by atoms with Gasteiger partial charge in [-0.1, -0.05) is 81.4 Å². The minimum absolute atomic E-state index is 0.127. The van der Waals surface area contributed by atoms with Gasteiger partial charge in [0.2, 0.25) is 0 Å². The number of rotatable bonds is 5. The van der Waals surface area contributed by atoms with Crippen LogP contribution in [-0.4, -0.2) is 48.0 Å². The Bertz CT molecular complexity index is 859. The van der Waals surface area contributed by atoms with E-state index in [9.17, 15) is 4.55 Å². The van der Waals surface area contributed by atoms with Crippen LogP contribution in [0.25, 0.3) is 0 Å². The van der Waals surface area contributed by atoms with E-state index in [2.05, 4.69) is 69.3 Å². The van der Waals surface area contributed by atoms with Gasteiger partial charge in [-0.15, -0.1) is 0 Å². The van der Waals surface area contributed by atoms with Gasteiger partial charge in [-0.2, -0.15) is 0 Å². The molecule has 2 fully saturated rings. The molecule has 2 aromatic rings. The third-order valence-electron chi connectivity index (χ3n) is 6.61. The topological polar surface area (TPSA) is 50.8 Å². The van der Waals surface area contributed by atoms with Crippen molar-refractivity contribution in [3.8, 4) is 0 Å². The van der Waals surface area contributed by atoms with Crippen LogP contribution in [0, 0.1) is 0 Å². The highest BCUT2D eigenvalue weighted by Gasteiger charge is 2.65. The summed E-state index contributed by atoms with van der Waals surface area (Å²) >= 11 is -1.10. The summed E-state index contributed by atoms with van der Waals surface area (Å²) in [5, 5.41) is 2.32. The van der Waals surface area contributed by atoms with Gasteiger partial charge in [-0.05, 0) is 47.4 Å². The third-order valence-corrected chi connectivity index (χ3v) is 13.6. The second kappa shape index (κ2) is 8.01. The van der Waals surface area contributed by atoms with Gasteiger partial charge >= 0.3 is 0 Å². The molecule has 0 bridgehead atoms. The van der Waals surface area contributed by atoms with E-state index in [1.54, 1.807) is 0 Å². The number of hydrogen-bond acceptors (Lipinski definition) is 4. The molecule has 2 saturated heterocycles. The summed E-state index contributed by atoms with van der Waals surface area (Å²) in [6.45, 7) is 13.0. The van der Waals surface area contributed by atoms with Crippen LogP contribution in [0.15, 0.2) is 60.7 Å². The molecule has 4 nitrogen and oxygen atoms in total. The molecule has 4 rings (SSSR count). The minimum Gasteiger partial charge on any atom is -0.616 e. The van der Waals surface area contributed by atoms with Gasteiger partial charge in [0.05, 0.1) is 6.61 Å². The first-order chi connectivity index (χ1) is 14.5. The first kappa shape index (κ1) is 23.0. The highest BCUT2D eigenvalue weighted by atomic mass is 32.2. The molecule has 2 aromatic carbocycles. The summed E-state index contributed by atoms with van der Waals surface area (Å²) < 4.78 is 32.0. The molecule has 168 valence electrons. The fraction of sp³-hybridized carbons (Fsp3) is 0.520. The van der Waals surface area contributed by atoms with E-state index in [1.165, 1.54) is 10.4 Å². The standard InChI is InChI=1S/C25H34O4SSi/c1-23(2,3)31(19-13-9-7-10-14-19,20-15-11-8-12-16-20)27-18-25(6)22-21(17-30(25)26)28-24(4,5)29-22/h7-16,21-22H,17-18H2,1-6H3/t21-,22-,25+,30+/m0/s1. The van der Waals surface area contributed by atoms with Crippen LogP contribution >= 0.6 is 0 Å². The van der Waals surface area contributed by atoms with E-state index >= 15 is 0 Å². The lowest BCUT2D eigenvalue weighted by Crippen LogP contribution is -2.68. The van der Waals surface area contributed by atoms with Crippen LogP contribution in [0.2, 0.25) is 5.04 Å². The van der Waals surface area contributed by atoms with Gasteiger partial charge in [0.15, 0.2) is 10.5 Å². The molecule has 2 aliphatic rings. The quantitative estimate of drug-likeness (QED) is 0.507. The average Bonchev–Trinajstić information content (AvgIpc) is 3.13. The Kier molecular flexibility index (Phi) is 5.95. The van der Waals surface area contributed by atoms with E-state index in [-0.39, 0.29) is 17.2 Å². The zero-order valence-corrected chi connectivity index (χ0v) is 21.2. The highest BCUT2D eigenvalue weighted by Crippen LogP contribution is 2.46. The number of ether oxygens (including phenoxy) is 2. The molecule has 0 radical (unpaired) electrons. The van der Waals surface area contributed by atoms with Crippen molar-refractivity contribution in [3.63, 3.8) is 0 Å². The van der Waals surface area contributed by atoms with Crippen LogP contribution in [0.5, 0.6) is 0 Å². The second-order valence-corrected chi connectivity index (χ2v) is 16.6. The molecule has 0 spiro atoms. The molecule has 0 aromatic heterocycles. The molecule has 0 N–H and O–H groups in total. The summed E-state index contributed by atoms with van der Waals surface area (Å²) in [7, 11) is -2.70. The van der Waals surface area contributed by atoms with Gasteiger partial charge in [0, 0.05) is 0 Å². The molecule has 4 atom stereocenters. The number of fused-ring (bicyclic) bond motifs is 1. The summed E-state index contributed by atoms with van der Waals surface area (Å²) in [6, 6.07) is 21.1. The van der Waals surface area contributed by atoms with Gasteiger partial charge in [-0.25, -0.2) is 0 Å². The van der Waals surface area contributed by atoms with Crippen molar-refractivity contribution in [1.29, 1.82) is 0 Å². The molecule has 0 saturated carbocycles. The van der Waals surface area contributed by atoms with Crippen LogP contribution in [-0.2, 0) is 25.1 Å². The Hall–Kier alpha value is -1.15. The largest absolute Gasteiger partial charge is 0.616 e. The van der Waals surface area contributed by atoms with E-state index in [0.29, 0.717) is 12.4 Å². The zero-order valence-electron chi connectivity index (χ0n) is 19.4. The van der Waals surface area contributed by atoms with Crippen molar-refractivity contribution in [2.24, 2.45) is 0 Å². The van der Waals surface area contributed by atoms with Crippen molar-refractivity contribution in [2.45, 2.75) is 69.3 Å². The van der Waals surface area contributed by atoms with Crippen molar-refractivity contribution < 1.29 is 18.5 Å².